The Balaban J connectivity index is 1.22. The minimum atomic E-state index is -0.236. The van der Waals surface area contributed by atoms with E-state index in [1.807, 2.05) is 18.2 Å². The molecule has 1 saturated heterocycles. The van der Waals surface area contributed by atoms with Crippen molar-refractivity contribution in [3.8, 4) is 11.3 Å². The lowest BCUT2D eigenvalue weighted by Crippen LogP contribution is -2.47. The smallest absolute Gasteiger partial charge is 0.286 e. The van der Waals surface area contributed by atoms with E-state index in [1.54, 1.807) is 24.3 Å². The zero-order valence-corrected chi connectivity index (χ0v) is 20.0. The average Bonchev–Trinajstić information content (AvgIpc) is 3.44. The van der Waals surface area contributed by atoms with Crippen molar-refractivity contribution in [2.75, 3.05) is 26.2 Å². The highest BCUT2D eigenvalue weighted by Crippen LogP contribution is 2.34. The Kier molecular flexibility index (Phi) is 6.60. The van der Waals surface area contributed by atoms with E-state index in [4.69, 9.17) is 27.6 Å². The van der Waals surface area contributed by atoms with Crippen molar-refractivity contribution in [2.24, 2.45) is 4.99 Å². The van der Waals surface area contributed by atoms with Crippen molar-refractivity contribution >= 4 is 52.1 Å². The summed E-state index contributed by atoms with van der Waals surface area (Å²) >= 11 is 13.8. The molecule has 2 aromatic carbocycles. The normalized spacial score (nSPS) is 18.2. The molecule has 33 heavy (non-hydrogen) atoms. The summed E-state index contributed by atoms with van der Waals surface area (Å²) in [6, 6.07) is 19.3. The summed E-state index contributed by atoms with van der Waals surface area (Å²) in [6.45, 7) is 4.50. The summed E-state index contributed by atoms with van der Waals surface area (Å²) in [5, 5.41) is 1.89. The van der Waals surface area contributed by atoms with Gasteiger partial charge in [0.15, 0.2) is 5.17 Å². The van der Waals surface area contributed by atoms with Crippen LogP contribution in [0.5, 0.6) is 0 Å². The van der Waals surface area contributed by atoms with Crippen molar-refractivity contribution in [1.82, 2.24) is 9.80 Å². The van der Waals surface area contributed by atoms with E-state index < -0.39 is 0 Å². The summed E-state index contributed by atoms with van der Waals surface area (Å²) in [5.74, 6) is 0.932. The van der Waals surface area contributed by atoms with E-state index >= 15 is 0 Å². The number of hydrogen-bond acceptors (Lipinski definition) is 5. The van der Waals surface area contributed by atoms with E-state index in [0.717, 1.165) is 37.9 Å². The second-order valence-electron chi connectivity index (χ2n) is 7.89. The quantitative estimate of drug-likeness (QED) is 0.411. The Hall–Kier alpha value is -2.51. The van der Waals surface area contributed by atoms with E-state index in [0.29, 0.717) is 32.0 Å². The van der Waals surface area contributed by atoms with Crippen LogP contribution in [0.15, 0.2) is 75.0 Å². The first-order chi connectivity index (χ1) is 16.0. The molecular weight excluding hydrogens is 477 g/mol. The molecule has 2 aliphatic rings. The molecule has 1 aromatic heterocycles. The van der Waals surface area contributed by atoms with Crippen LogP contribution in [-0.4, -0.2) is 47.1 Å². The number of nitrogens with zero attached hydrogens (tertiary/aromatic N) is 3. The molecule has 0 N–H and O–H groups in total. The fraction of sp³-hybridized carbons (Fsp3) is 0.200. The molecule has 5 rings (SSSR count). The van der Waals surface area contributed by atoms with Gasteiger partial charge >= 0.3 is 0 Å². The van der Waals surface area contributed by atoms with Crippen LogP contribution in [0.4, 0.5) is 0 Å². The fourth-order valence-corrected chi connectivity index (χ4v) is 5.19. The molecule has 0 saturated carbocycles. The molecule has 8 heteroatoms. The largest absolute Gasteiger partial charge is 0.457 e. The number of amidine groups is 1. The van der Waals surface area contributed by atoms with Gasteiger partial charge in [-0.25, -0.2) is 0 Å². The fourth-order valence-electron chi connectivity index (χ4n) is 3.86. The highest BCUT2D eigenvalue weighted by molar-refractivity contribution is 8.18. The van der Waals surface area contributed by atoms with Crippen LogP contribution in [0, 0.1) is 0 Å². The third kappa shape index (κ3) is 5.20. The van der Waals surface area contributed by atoms with Gasteiger partial charge in [0.05, 0.1) is 9.93 Å². The predicted octanol–water partition coefficient (Wildman–Crippen LogP) is 6.04. The van der Waals surface area contributed by atoms with Crippen LogP contribution < -0.4 is 0 Å². The lowest BCUT2D eigenvalue weighted by atomic mass is 10.2. The number of halogens is 2. The van der Waals surface area contributed by atoms with Crippen LogP contribution in [0.25, 0.3) is 17.4 Å². The Labute approximate surface area is 206 Å². The van der Waals surface area contributed by atoms with Gasteiger partial charge in [-0.3, -0.25) is 9.69 Å². The maximum Gasteiger partial charge on any atom is 0.286 e. The van der Waals surface area contributed by atoms with Crippen LogP contribution in [0.3, 0.4) is 0 Å². The number of carbonyl (C=O) groups is 1. The van der Waals surface area contributed by atoms with Crippen molar-refractivity contribution in [3.05, 3.63) is 86.9 Å². The van der Waals surface area contributed by atoms with Gasteiger partial charge < -0.3 is 9.32 Å². The molecule has 0 radical (unpaired) electrons. The Morgan fingerprint density at radius 1 is 1.00 bits per heavy atom. The van der Waals surface area contributed by atoms with Gasteiger partial charge in [-0.2, -0.15) is 4.99 Å². The summed E-state index contributed by atoms with van der Waals surface area (Å²) in [4.78, 5) is 22.0. The van der Waals surface area contributed by atoms with Gasteiger partial charge in [-0.05, 0) is 47.7 Å². The molecule has 1 amide bonds. The molecule has 0 bridgehead atoms. The van der Waals surface area contributed by atoms with Crippen LogP contribution >= 0.6 is 35.0 Å². The van der Waals surface area contributed by atoms with E-state index in [-0.39, 0.29) is 5.91 Å². The highest BCUT2D eigenvalue weighted by Gasteiger charge is 2.28. The second kappa shape index (κ2) is 9.77. The summed E-state index contributed by atoms with van der Waals surface area (Å²) in [5.41, 5.74) is 2.03. The van der Waals surface area contributed by atoms with Gasteiger partial charge in [-0.15, -0.1) is 0 Å². The number of piperazine rings is 1. The standard InChI is InChI=1S/C25H21Cl2N3O2S/c26-18-6-8-21(27)20(14-18)22-9-7-19(32-22)15-23-24(31)28-25(33-23)30-12-10-29(11-13-30)16-17-4-2-1-3-5-17/h1-9,14-15H,10-13,16H2/b23-15+. The third-order valence-corrected chi connectivity index (χ3v) is 7.20. The van der Waals surface area contributed by atoms with Gasteiger partial charge in [0.25, 0.3) is 5.91 Å². The first-order valence-corrected chi connectivity index (χ1v) is 12.2. The van der Waals surface area contributed by atoms with Crippen LogP contribution in [0.2, 0.25) is 10.0 Å². The number of rotatable bonds is 4. The molecule has 0 unspecified atom stereocenters. The Morgan fingerprint density at radius 3 is 2.58 bits per heavy atom. The van der Waals surface area contributed by atoms with Crippen molar-refractivity contribution in [3.63, 3.8) is 0 Å². The predicted molar refractivity (Wildman–Crippen MR) is 135 cm³/mol. The number of hydrogen-bond donors (Lipinski definition) is 0. The lowest BCUT2D eigenvalue weighted by molar-refractivity contribution is -0.113. The number of benzene rings is 2. The first kappa shape index (κ1) is 22.3. The SMILES string of the molecule is O=C1N=C(N2CCN(Cc3ccccc3)CC2)S/C1=C/c1ccc(-c2cc(Cl)ccc2Cl)o1. The molecule has 0 spiro atoms. The molecule has 1 fully saturated rings. The van der Waals surface area contributed by atoms with E-state index in [2.05, 4.69) is 39.1 Å². The molecule has 0 aliphatic carbocycles. The molecule has 3 aromatic rings. The third-order valence-electron chi connectivity index (χ3n) is 5.60. The Morgan fingerprint density at radius 2 is 1.79 bits per heavy atom. The number of aliphatic imine (C=N–C) groups is 1. The van der Waals surface area contributed by atoms with Gasteiger partial charge in [0.2, 0.25) is 0 Å². The monoisotopic (exact) mass is 497 g/mol. The first-order valence-electron chi connectivity index (χ1n) is 10.6. The minimum Gasteiger partial charge on any atom is -0.457 e. The highest BCUT2D eigenvalue weighted by atomic mass is 35.5. The number of furan rings is 1. The van der Waals surface area contributed by atoms with Crippen LogP contribution in [0.1, 0.15) is 11.3 Å². The number of thioether (sulfide) groups is 1. The van der Waals surface area contributed by atoms with Crippen molar-refractivity contribution in [2.45, 2.75) is 6.54 Å². The second-order valence-corrected chi connectivity index (χ2v) is 9.74. The van der Waals surface area contributed by atoms with Gasteiger partial charge in [0.1, 0.15) is 11.5 Å². The summed E-state index contributed by atoms with van der Waals surface area (Å²) in [7, 11) is 0. The average molecular weight is 498 g/mol. The maximum absolute atomic E-state index is 12.5. The van der Waals surface area contributed by atoms with Gasteiger partial charge in [0, 0.05) is 49.4 Å². The van der Waals surface area contributed by atoms with Crippen LogP contribution in [-0.2, 0) is 11.3 Å². The molecule has 168 valence electrons. The molecular formula is C25H21Cl2N3O2S. The molecule has 2 aliphatic heterocycles. The zero-order valence-electron chi connectivity index (χ0n) is 17.7. The van der Waals surface area contributed by atoms with E-state index in [1.165, 1.54) is 17.3 Å². The lowest BCUT2D eigenvalue weighted by Gasteiger charge is -2.35. The van der Waals surface area contributed by atoms with E-state index in [9.17, 15) is 4.79 Å². The summed E-state index contributed by atoms with van der Waals surface area (Å²) < 4.78 is 5.91. The topological polar surface area (TPSA) is 49.1 Å². The minimum absolute atomic E-state index is 0.236. The summed E-state index contributed by atoms with van der Waals surface area (Å²) in [6.07, 6.45) is 1.73. The van der Waals surface area contributed by atoms with Gasteiger partial charge in [-0.1, -0.05) is 53.5 Å². The number of carbonyl (C=O) groups excluding carboxylic acids is 1. The molecule has 5 nitrogen and oxygen atoms in total. The molecule has 3 heterocycles. The molecule has 0 atom stereocenters. The van der Waals surface area contributed by atoms with Crippen molar-refractivity contribution < 1.29 is 9.21 Å². The Bertz CT molecular complexity index is 1230. The number of amides is 1. The zero-order chi connectivity index (χ0) is 22.8. The maximum atomic E-state index is 12.5. The van der Waals surface area contributed by atoms with Crippen molar-refractivity contribution in [1.29, 1.82) is 0 Å².